The average molecular weight is 376 g/mol. The monoisotopic (exact) mass is 376 g/mol. The average Bonchev–Trinajstić information content (AvgIpc) is 3.13. The van der Waals surface area contributed by atoms with Crippen LogP contribution in [0.1, 0.15) is 12.7 Å². The van der Waals surface area contributed by atoms with Gasteiger partial charge in [-0.15, -0.1) is 0 Å². The third-order valence-electron chi connectivity index (χ3n) is 3.55. The van der Waals surface area contributed by atoms with Gasteiger partial charge in [-0.25, -0.2) is 0 Å². The van der Waals surface area contributed by atoms with Crippen LogP contribution in [-0.2, 0) is 4.79 Å². The van der Waals surface area contributed by atoms with E-state index in [-0.39, 0.29) is 5.91 Å². The number of phenolic OH excluding ortho intramolecular Hbond substituents is 1. The maximum atomic E-state index is 12.2. The van der Waals surface area contributed by atoms with Crippen molar-refractivity contribution in [1.29, 1.82) is 0 Å². The number of likely N-dealkylation sites (N-methyl/N-ethyl adjacent to an activating group) is 1. The van der Waals surface area contributed by atoms with E-state index in [4.69, 9.17) is 16.6 Å². The van der Waals surface area contributed by atoms with E-state index in [1.165, 1.54) is 34.9 Å². The number of hydrogen-bond acceptors (Lipinski definition) is 7. The van der Waals surface area contributed by atoms with Crippen molar-refractivity contribution in [3.63, 3.8) is 0 Å². The van der Waals surface area contributed by atoms with Crippen LogP contribution in [0.15, 0.2) is 39.7 Å². The predicted molar refractivity (Wildman–Crippen MR) is 98.0 cm³/mol. The third-order valence-corrected chi connectivity index (χ3v) is 4.92. The summed E-state index contributed by atoms with van der Waals surface area (Å²) < 4.78 is 6.15. The molecule has 0 unspecified atom stereocenters. The van der Waals surface area contributed by atoms with E-state index >= 15 is 0 Å². The van der Waals surface area contributed by atoms with Gasteiger partial charge in [0.2, 0.25) is 0 Å². The van der Waals surface area contributed by atoms with Gasteiger partial charge < -0.3 is 9.52 Å². The Hall–Kier alpha value is -2.65. The molecule has 1 aromatic heterocycles. The van der Waals surface area contributed by atoms with Crippen LogP contribution in [0.2, 0.25) is 0 Å². The number of nitro groups is 1. The molecule has 3 rings (SSSR count). The summed E-state index contributed by atoms with van der Waals surface area (Å²) in [6, 6.07) is 7.28. The van der Waals surface area contributed by atoms with E-state index in [9.17, 15) is 20.0 Å². The summed E-state index contributed by atoms with van der Waals surface area (Å²) in [5.74, 6) is 0.238. The quantitative estimate of drug-likeness (QED) is 0.375. The Labute approximate surface area is 152 Å². The van der Waals surface area contributed by atoms with Crippen molar-refractivity contribution < 1.29 is 19.2 Å². The van der Waals surface area contributed by atoms with Crippen LogP contribution >= 0.6 is 24.0 Å². The zero-order chi connectivity index (χ0) is 18.1. The Bertz CT molecular complexity index is 919. The highest BCUT2D eigenvalue weighted by Gasteiger charge is 2.30. The minimum Gasteiger partial charge on any atom is -0.502 e. The molecule has 1 N–H and O–H groups in total. The lowest BCUT2D eigenvalue weighted by Crippen LogP contribution is -2.27. The normalized spacial score (nSPS) is 16.0. The van der Waals surface area contributed by atoms with Crippen molar-refractivity contribution in [3.8, 4) is 17.1 Å². The number of nitrogens with zero attached hydrogens (tertiary/aromatic N) is 2. The van der Waals surface area contributed by atoms with Gasteiger partial charge in [0.1, 0.15) is 15.8 Å². The molecular weight excluding hydrogens is 364 g/mol. The molecule has 9 heteroatoms. The number of amides is 1. The summed E-state index contributed by atoms with van der Waals surface area (Å²) in [5.41, 5.74) is 0.0459. The zero-order valence-electron chi connectivity index (χ0n) is 13.0. The fourth-order valence-electron chi connectivity index (χ4n) is 2.31. The topological polar surface area (TPSA) is 96.8 Å². The van der Waals surface area contributed by atoms with Gasteiger partial charge in [0.25, 0.3) is 5.91 Å². The number of rotatable bonds is 4. The lowest BCUT2D eigenvalue weighted by molar-refractivity contribution is -0.385. The fourth-order valence-corrected chi connectivity index (χ4v) is 3.67. The number of thioether (sulfide) groups is 1. The number of carbonyl (C=O) groups is 1. The lowest BCUT2D eigenvalue weighted by Gasteiger charge is -2.09. The maximum absolute atomic E-state index is 12.2. The summed E-state index contributed by atoms with van der Waals surface area (Å²) in [5, 5.41) is 20.4. The van der Waals surface area contributed by atoms with Gasteiger partial charge in [-0.05, 0) is 31.2 Å². The highest BCUT2D eigenvalue weighted by molar-refractivity contribution is 8.26. The maximum Gasteiger partial charge on any atom is 0.311 e. The Morgan fingerprint density at radius 1 is 1.40 bits per heavy atom. The Balaban J connectivity index is 1.90. The van der Waals surface area contributed by atoms with Gasteiger partial charge in [-0.1, -0.05) is 24.0 Å². The molecule has 1 saturated heterocycles. The first-order valence-corrected chi connectivity index (χ1v) is 8.46. The van der Waals surface area contributed by atoms with E-state index < -0.39 is 16.4 Å². The molecule has 0 radical (unpaired) electrons. The van der Waals surface area contributed by atoms with Gasteiger partial charge >= 0.3 is 5.69 Å². The number of benzene rings is 1. The second-order valence-electron chi connectivity index (χ2n) is 5.09. The minimum absolute atomic E-state index is 0.171. The highest BCUT2D eigenvalue weighted by atomic mass is 32.2. The second kappa shape index (κ2) is 6.69. The van der Waals surface area contributed by atoms with Crippen molar-refractivity contribution in [2.75, 3.05) is 6.54 Å². The van der Waals surface area contributed by atoms with Crippen molar-refractivity contribution >= 4 is 46.0 Å². The molecule has 2 heterocycles. The molecule has 7 nitrogen and oxygen atoms in total. The lowest BCUT2D eigenvalue weighted by atomic mass is 10.1. The number of thiocarbonyl (C=S) groups is 1. The number of carbonyl (C=O) groups excluding carboxylic acids is 1. The molecule has 128 valence electrons. The van der Waals surface area contributed by atoms with Crippen LogP contribution < -0.4 is 0 Å². The number of phenols is 1. The predicted octanol–water partition coefficient (Wildman–Crippen LogP) is 3.78. The Kier molecular flexibility index (Phi) is 4.60. The molecule has 0 spiro atoms. The van der Waals surface area contributed by atoms with Gasteiger partial charge in [0, 0.05) is 24.3 Å². The fraction of sp³-hybridized carbons (Fsp3) is 0.125. The van der Waals surface area contributed by atoms with E-state index in [2.05, 4.69) is 0 Å². The summed E-state index contributed by atoms with van der Waals surface area (Å²) in [6.07, 6.45) is 1.59. The van der Waals surface area contributed by atoms with Crippen LogP contribution in [0.25, 0.3) is 17.4 Å². The van der Waals surface area contributed by atoms with E-state index in [1.54, 1.807) is 18.2 Å². The second-order valence-corrected chi connectivity index (χ2v) is 6.76. The molecule has 0 saturated carbocycles. The Morgan fingerprint density at radius 2 is 2.16 bits per heavy atom. The van der Waals surface area contributed by atoms with Crippen LogP contribution in [0.3, 0.4) is 0 Å². The Morgan fingerprint density at radius 3 is 2.80 bits per heavy atom. The van der Waals surface area contributed by atoms with E-state index in [1.807, 2.05) is 6.92 Å². The van der Waals surface area contributed by atoms with Crippen LogP contribution in [-0.4, -0.2) is 31.7 Å². The molecule has 2 aromatic rings. The van der Waals surface area contributed by atoms with Gasteiger partial charge in [-0.3, -0.25) is 19.8 Å². The molecule has 1 amide bonds. The van der Waals surface area contributed by atoms with Crippen molar-refractivity contribution in [1.82, 2.24) is 4.90 Å². The van der Waals surface area contributed by atoms with Gasteiger partial charge in [0.15, 0.2) is 5.75 Å². The molecule has 0 aliphatic carbocycles. The standard InChI is InChI=1S/C16H12N2O5S2/c1-2-17-15(20)14(25-16(17)24)8-10-4-6-13(23-10)9-3-5-12(19)11(7-9)18(21)22/h3-8,19H,2H2,1H3/b14-8+. The van der Waals surface area contributed by atoms with Gasteiger partial charge in [0.05, 0.1) is 9.83 Å². The summed E-state index contributed by atoms with van der Waals surface area (Å²) in [6.45, 7) is 2.35. The largest absolute Gasteiger partial charge is 0.502 e. The molecule has 25 heavy (non-hydrogen) atoms. The minimum atomic E-state index is -0.668. The van der Waals surface area contributed by atoms with Crippen molar-refractivity contribution in [3.05, 3.63) is 51.1 Å². The number of nitro benzene ring substituents is 1. The summed E-state index contributed by atoms with van der Waals surface area (Å²) in [4.78, 5) is 24.4. The van der Waals surface area contributed by atoms with E-state index in [0.717, 1.165) is 0 Å². The molecule has 0 atom stereocenters. The van der Waals surface area contributed by atoms with Crippen molar-refractivity contribution in [2.24, 2.45) is 0 Å². The number of hydrogen-bond donors (Lipinski definition) is 1. The van der Waals surface area contributed by atoms with Crippen LogP contribution in [0.5, 0.6) is 5.75 Å². The third kappa shape index (κ3) is 3.28. The first-order chi connectivity index (χ1) is 11.9. The first-order valence-electron chi connectivity index (χ1n) is 7.23. The van der Waals surface area contributed by atoms with Crippen LogP contribution in [0.4, 0.5) is 5.69 Å². The molecule has 0 bridgehead atoms. The zero-order valence-corrected chi connectivity index (χ0v) is 14.6. The highest BCUT2D eigenvalue weighted by Crippen LogP contribution is 2.35. The van der Waals surface area contributed by atoms with Crippen LogP contribution in [0, 0.1) is 10.1 Å². The van der Waals surface area contributed by atoms with E-state index in [0.29, 0.717) is 32.9 Å². The molecular formula is C16H12N2O5S2. The molecule has 1 aliphatic rings. The summed E-state index contributed by atoms with van der Waals surface area (Å²) in [7, 11) is 0. The first kappa shape index (κ1) is 17.2. The van der Waals surface area contributed by atoms with Gasteiger partial charge in [-0.2, -0.15) is 0 Å². The van der Waals surface area contributed by atoms with Crippen molar-refractivity contribution in [2.45, 2.75) is 6.92 Å². The molecule has 1 fully saturated rings. The number of furan rings is 1. The smallest absolute Gasteiger partial charge is 0.311 e. The number of aromatic hydroxyl groups is 1. The molecule has 1 aromatic carbocycles. The molecule has 1 aliphatic heterocycles. The summed E-state index contributed by atoms with van der Waals surface area (Å²) >= 11 is 6.35. The SMILES string of the molecule is CCN1C(=O)/C(=C\c2ccc(-c3ccc(O)c([N+](=O)[O-])c3)o2)SC1=S.